The molecule has 0 saturated heterocycles. The van der Waals surface area contributed by atoms with Crippen molar-refractivity contribution in [1.29, 1.82) is 0 Å². The van der Waals surface area contributed by atoms with Crippen molar-refractivity contribution < 1.29 is 0 Å². The molecule has 0 aliphatic heterocycles. The number of benzene rings is 1. The minimum Gasteiger partial charge on any atom is -0.0985 e. The van der Waals surface area contributed by atoms with Gasteiger partial charge in [0.2, 0.25) is 0 Å². The Morgan fingerprint density at radius 2 is 1.90 bits per heavy atom. The smallest absolute Gasteiger partial charge is 0.0162 e. The van der Waals surface area contributed by atoms with Crippen LogP contribution >= 0.6 is 0 Å². The van der Waals surface area contributed by atoms with E-state index in [9.17, 15) is 0 Å². The van der Waals surface area contributed by atoms with Crippen LogP contribution in [0, 0.1) is 5.92 Å². The van der Waals surface area contributed by atoms with E-state index in [2.05, 4.69) is 52.5 Å². The number of rotatable bonds is 9. The molecule has 1 rings (SSSR count). The van der Waals surface area contributed by atoms with Crippen LogP contribution < -0.4 is 0 Å². The lowest BCUT2D eigenvalue weighted by atomic mass is 9.84. The molecule has 0 spiro atoms. The fraction of sp³-hybridized carbons (Fsp3) is 0.600. The molecule has 0 aliphatic rings. The van der Waals surface area contributed by atoms with Crippen LogP contribution in [0.25, 0.3) is 6.08 Å². The first-order valence-electron chi connectivity index (χ1n) is 8.41. The molecule has 0 amide bonds. The molecule has 1 aromatic rings. The van der Waals surface area contributed by atoms with Crippen molar-refractivity contribution in [1.82, 2.24) is 0 Å². The van der Waals surface area contributed by atoms with Gasteiger partial charge in [-0.2, -0.15) is 0 Å². The van der Waals surface area contributed by atoms with Crippen molar-refractivity contribution in [3.63, 3.8) is 0 Å². The molecule has 0 aromatic heterocycles. The van der Waals surface area contributed by atoms with Crippen LogP contribution in [0.3, 0.4) is 0 Å². The van der Waals surface area contributed by atoms with Gasteiger partial charge in [-0.25, -0.2) is 0 Å². The zero-order chi connectivity index (χ0) is 15.0. The van der Waals surface area contributed by atoms with E-state index in [4.69, 9.17) is 0 Å². The van der Waals surface area contributed by atoms with Gasteiger partial charge in [-0.3, -0.25) is 0 Å². The molecule has 1 aromatic carbocycles. The van der Waals surface area contributed by atoms with Crippen LogP contribution in [0.1, 0.15) is 82.4 Å². The fourth-order valence-electron chi connectivity index (χ4n) is 3.20. The van der Waals surface area contributed by atoms with Crippen molar-refractivity contribution in [3.8, 4) is 0 Å². The van der Waals surface area contributed by atoms with E-state index in [1.165, 1.54) is 48.8 Å². The summed E-state index contributed by atoms with van der Waals surface area (Å²) >= 11 is 0. The van der Waals surface area contributed by atoms with Crippen molar-refractivity contribution in [2.75, 3.05) is 0 Å². The molecule has 0 N–H and O–H groups in total. The molecule has 0 fully saturated rings. The van der Waals surface area contributed by atoms with Gasteiger partial charge in [-0.1, -0.05) is 77.8 Å². The van der Waals surface area contributed by atoms with Crippen LogP contribution in [0.15, 0.2) is 24.8 Å². The lowest BCUT2D eigenvalue weighted by Crippen LogP contribution is -2.05. The molecule has 0 nitrogen and oxygen atoms in total. The monoisotopic (exact) mass is 272 g/mol. The number of aryl methyl sites for hydroxylation is 1. The first-order valence-corrected chi connectivity index (χ1v) is 8.41. The Morgan fingerprint density at radius 1 is 1.15 bits per heavy atom. The molecule has 112 valence electrons. The zero-order valence-electron chi connectivity index (χ0n) is 13.9. The summed E-state index contributed by atoms with van der Waals surface area (Å²) in [5.41, 5.74) is 4.32. The van der Waals surface area contributed by atoms with E-state index < -0.39 is 0 Å². The molecule has 20 heavy (non-hydrogen) atoms. The molecule has 0 heteroatoms. The summed E-state index contributed by atoms with van der Waals surface area (Å²) in [4.78, 5) is 0. The summed E-state index contributed by atoms with van der Waals surface area (Å²) in [6, 6.07) is 7.02. The lowest BCUT2D eigenvalue weighted by Gasteiger charge is -2.21. The second kappa shape index (κ2) is 9.00. The predicted molar refractivity (Wildman–Crippen MR) is 92.2 cm³/mol. The molecule has 0 radical (unpaired) electrons. The van der Waals surface area contributed by atoms with E-state index in [1.807, 2.05) is 6.08 Å². The molecule has 0 aliphatic carbocycles. The molecule has 2 unspecified atom stereocenters. The maximum atomic E-state index is 3.94. The van der Waals surface area contributed by atoms with Crippen molar-refractivity contribution in [2.45, 2.75) is 72.1 Å². The van der Waals surface area contributed by atoms with Crippen LogP contribution in [0.4, 0.5) is 0 Å². The summed E-state index contributed by atoms with van der Waals surface area (Å²) in [5.74, 6) is 1.55. The largest absolute Gasteiger partial charge is 0.0985 e. The van der Waals surface area contributed by atoms with Crippen LogP contribution in [-0.4, -0.2) is 0 Å². The third-order valence-corrected chi connectivity index (χ3v) is 4.34. The summed E-state index contributed by atoms with van der Waals surface area (Å²) in [5, 5.41) is 0. The van der Waals surface area contributed by atoms with E-state index in [0.717, 1.165) is 12.3 Å². The van der Waals surface area contributed by atoms with E-state index in [-0.39, 0.29) is 0 Å². The van der Waals surface area contributed by atoms with E-state index >= 15 is 0 Å². The van der Waals surface area contributed by atoms with Gasteiger partial charge in [0.1, 0.15) is 0 Å². The molecule has 0 heterocycles. The number of hydrogen-bond acceptors (Lipinski definition) is 0. The van der Waals surface area contributed by atoms with Gasteiger partial charge in [-0.05, 0) is 47.8 Å². The first kappa shape index (κ1) is 17.0. The van der Waals surface area contributed by atoms with Crippen molar-refractivity contribution >= 4 is 6.08 Å². The van der Waals surface area contributed by atoms with Gasteiger partial charge in [0.25, 0.3) is 0 Å². The SMILES string of the molecule is C=Cc1ccc(C(CC)CC(C)CCC)cc1CCC. The zero-order valence-corrected chi connectivity index (χ0v) is 13.9. The van der Waals surface area contributed by atoms with Crippen molar-refractivity contribution in [2.24, 2.45) is 5.92 Å². The molecule has 0 bridgehead atoms. The van der Waals surface area contributed by atoms with Gasteiger partial charge in [0, 0.05) is 0 Å². The highest BCUT2D eigenvalue weighted by Crippen LogP contribution is 2.30. The Kier molecular flexibility index (Phi) is 7.65. The Morgan fingerprint density at radius 3 is 2.45 bits per heavy atom. The fourth-order valence-corrected chi connectivity index (χ4v) is 3.20. The molecular weight excluding hydrogens is 240 g/mol. The highest BCUT2D eigenvalue weighted by atomic mass is 14.2. The summed E-state index contributed by atoms with van der Waals surface area (Å²) in [6.07, 6.45) is 9.58. The Bertz CT molecular complexity index is 402. The summed E-state index contributed by atoms with van der Waals surface area (Å²) in [6.45, 7) is 13.2. The Hall–Kier alpha value is -1.04. The maximum absolute atomic E-state index is 3.94. The summed E-state index contributed by atoms with van der Waals surface area (Å²) in [7, 11) is 0. The average Bonchev–Trinajstić information content (AvgIpc) is 2.45. The topological polar surface area (TPSA) is 0 Å². The first-order chi connectivity index (χ1) is 9.65. The van der Waals surface area contributed by atoms with Gasteiger partial charge in [0.05, 0.1) is 0 Å². The van der Waals surface area contributed by atoms with Crippen LogP contribution in [0.5, 0.6) is 0 Å². The third kappa shape index (κ3) is 4.81. The molecule has 2 atom stereocenters. The minimum absolute atomic E-state index is 0.714. The highest BCUT2D eigenvalue weighted by Gasteiger charge is 2.14. The van der Waals surface area contributed by atoms with Gasteiger partial charge >= 0.3 is 0 Å². The highest BCUT2D eigenvalue weighted by molar-refractivity contribution is 5.53. The second-order valence-electron chi connectivity index (χ2n) is 6.15. The standard InChI is InChI=1S/C20H32/c1-6-10-16(5)14-18(9-4)20-13-12-17(8-3)19(15-20)11-7-2/h8,12-13,15-16,18H,3,6-7,9-11,14H2,1-2,4-5H3. The molecule has 0 saturated carbocycles. The van der Waals surface area contributed by atoms with E-state index in [0.29, 0.717) is 5.92 Å². The second-order valence-corrected chi connectivity index (χ2v) is 6.15. The van der Waals surface area contributed by atoms with Crippen LogP contribution in [0.2, 0.25) is 0 Å². The Balaban J connectivity index is 2.91. The minimum atomic E-state index is 0.714. The Labute approximate surface area is 126 Å². The van der Waals surface area contributed by atoms with Gasteiger partial charge < -0.3 is 0 Å². The maximum Gasteiger partial charge on any atom is -0.0162 e. The van der Waals surface area contributed by atoms with Crippen molar-refractivity contribution in [3.05, 3.63) is 41.5 Å². The molecular formula is C20H32. The van der Waals surface area contributed by atoms with Gasteiger partial charge in [-0.15, -0.1) is 0 Å². The quantitative estimate of drug-likeness (QED) is 0.475. The van der Waals surface area contributed by atoms with E-state index in [1.54, 1.807) is 0 Å². The van der Waals surface area contributed by atoms with Crippen LogP contribution in [-0.2, 0) is 6.42 Å². The average molecular weight is 272 g/mol. The lowest BCUT2D eigenvalue weighted by molar-refractivity contribution is 0.428. The predicted octanol–water partition coefficient (Wildman–Crippen LogP) is 6.60. The number of hydrogen-bond donors (Lipinski definition) is 0. The summed E-state index contributed by atoms with van der Waals surface area (Å²) < 4.78 is 0. The van der Waals surface area contributed by atoms with Gasteiger partial charge in [0.15, 0.2) is 0 Å². The normalized spacial score (nSPS) is 14.0. The third-order valence-electron chi connectivity index (χ3n) is 4.34.